The van der Waals surface area contributed by atoms with Gasteiger partial charge in [0.15, 0.2) is 0 Å². The highest BCUT2D eigenvalue weighted by Crippen LogP contribution is 2.25. The number of hydrogen-bond donors (Lipinski definition) is 3. The summed E-state index contributed by atoms with van der Waals surface area (Å²) in [6.45, 7) is 2.53. The predicted octanol–water partition coefficient (Wildman–Crippen LogP) is 5.00. The Morgan fingerprint density at radius 3 is 2.35 bits per heavy atom. The van der Waals surface area contributed by atoms with Crippen LogP contribution < -0.4 is 20.7 Å². The van der Waals surface area contributed by atoms with Crippen LogP contribution in [-0.2, 0) is 0 Å². The molecule has 26 heavy (non-hydrogen) atoms. The smallest absolute Gasteiger partial charge is 0.323 e. The molecule has 3 N–H and O–H groups in total. The summed E-state index contributed by atoms with van der Waals surface area (Å²) >= 11 is 6.74. The fraction of sp³-hybridized carbons (Fsp3) is 0.222. The van der Waals surface area contributed by atoms with Gasteiger partial charge in [0.1, 0.15) is 5.75 Å². The van der Waals surface area contributed by atoms with Crippen LogP contribution in [0.1, 0.15) is 23.7 Å². The van der Waals surface area contributed by atoms with Crippen LogP contribution in [-0.4, -0.2) is 25.6 Å². The molecule has 8 heteroatoms. The number of anilines is 2. The first kappa shape index (κ1) is 20.3. The molecule has 0 saturated heterocycles. The second kappa shape index (κ2) is 9.59. The average Bonchev–Trinajstić information content (AvgIpc) is 2.58. The van der Waals surface area contributed by atoms with Crippen LogP contribution in [0.25, 0.3) is 0 Å². The summed E-state index contributed by atoms with van der Waals surface area (Å²) in [5.74, 6) is 0.285. The number of nitrogens with one attached hydrogen (secondary N) is 3. The topological polar surface area (TPSA) is 79.5 Å². The first-order chi connectivity index (χ1) is 12.4. The van der Waals surface area contributed by atoms with Crippen molar-refractivity contribution < 1.29 is 14.3 Å². The molecule has 0 aromatic heterocycles. The number of hydrogen-bond acceptors (Lipinski definition) is 3. The number of methoxy groups -OCH3 is 1. The number of benzene rings is 2. The Hall–Kier alpha value is -2.06. The maximum atomic E-state index is 12.4. The first-order valence-corrected chi connectivity index (χ1v) is 9.52. The van der Waals surface area contributed by atoms with Crippen molar-refractivity contribution in [1.82, 2.24) is 5.32 Å². The third-order valence-corrected chi connectivity index (χ3v) is 4.29. The number of halogens is 2. The van der Waals surface area contributed by atoms with E-state index in [-0.39, 0.29) is 5.91 Å². The summed E-state index contributed by atoms with van der Waals surface area (Å²) in [6, 6.07) is 9.84. The Morgan fingerprint density at radius 1 is 1.04 bits per heavy atom. The van der Waals surface area contributed by atoms with Gasteiger partial charge in [-0.3, -0.25) is 4.79 Å². The highest BCUT2D eigenvalue weighted by atomic mass is 79.9. The summed E-state index contributed by atoms with van der Waals surface area (Å²) in [6.07, 6.45) is 0.822. The highest BCUT2D eigenvalue weighted by Gasteiger charge is 2.15. The molecule has 2 aromatic rings. The molecule has 6 nitrogen and oxygen atoms in total. The second-order valence-corrected chi connectivity index (χ2v) is 7.24. The van der Waals surface area contributed by atoms with Crippen molar-refractivity contribution in [2.75, 3.05) is 24.3 Å². The normalized spacial score (nSPS) is 10.2. The van der Waals surface area contributed by atoms with Crippen LogP contribution in [0.5, 0.6) is 5.75 Å². The third kappa shape index (κ3) is 5.74. The van der Waals surface area contributed by atoms with Crippen LogP contribution >= 0.6 is 31.9 Å². The molecule has 0 spiro atoms. The van der Waals surface area contributed by atoms with Gasteiger partial charge in [-0.25, -0.2) is 4.79 Å². The summed E-state index contributed by atoms with van der Waals surface area (Å²) in [7, 11) is 1.52. The molecule has 0 fully saturated rings. The van der Waals surface area contributed by atoms with E-state index in [9.17, 15) is 9.59 Å². The van der Waals surface area contributed by atoms with E-state index in [1.807, 2.05) is 13.0 Å². The molecule has 2 aromatic carbocycles. The van der Waals surface area contributed by atoms with E-state index in [0.717, 1.165) is 15.4 Å². The quantitative estimate of drug-likeness (QED) is 0.539. The van der Waals surface area contributed by atoms with Crippen molar-refractivity contribution in [3.63, 3.8) is 0 Å². The average molecular weight is 485 g/mol. The van der Waals surface area contributed by atoms with E-state index in [1.54, 1.807) is 30.3 Å². The zero-order chi connectivity index (χ0) is 19.1. The van der Waals surface area contributed by atoms with Crippen LogP contribution in [0.3, 0.4) is 0 Å². The molecule has 138 valence electrons. The van der Waals surface area contributed by atoms with E-state index < -0.39 is 6.03 Å². The summed E-state index contributed by atoms with van der Waals surface area (Å²) in [5, 5.41) is 8.25. The SMILES string of the molecule is CCCNC(=O)c1ccc(OC)cc1NC(=O)Nc1cc(Br)cc(Br)c1. The highest BCUT2D eigenvalue weighted by molar-refractivity contribution is 9.11. The van der Waals surface area contributed by atoms with Gasteiger partial charge in [0.2, 0.25) is 0 Å². The van der Waals surface area contributed by atoms with Crippen molar-refractivity contribution in [1.29, 1.82) is 0 Å². The molecular formula is C18H19Br2N3O3. The number of amides is 3. The summed E-state index contributed by atoms with van der Waals surface area (Å²) < 4.78 is 6.83. The van der Waals surface area contributed by atoms with Gasteiger partial charge in [-0.15, -0.1) is 0 Å². The van der Waals surface area contributed by atoms with Gasteiger partial charge in [-0.05, 0) is 36.8 Å². The number of rotatable bonds is 6. The maximum absolute atomic E-state index is 12.4. The molecule has 0 aliphatic carbocycles. The molecule has 0 bridgehead atoms. The lowest BCUT2D eigenvalue weighted by molar-refractivity contribution is 0.0954. The van der Waals surface area contributed by atoms with Crippen molar-refractivity contribution in [3.8, 4) is 5.75 Å². The van der Waals surface area contributed by atoms with Gasteiger partial charge >= 0.3 is 6.03 Å². The summed E-state index contributed by atoms with van der Waals surface area (Å²) in [4.78, 5) is 24.7. The Morgan fingerprint density at radius 2 is 1.73 bits per heavy atom. The molecule has 0 atom stereocenters. The fourth-order valence-electron chi connectivity index (χ4n) is 2.20. The number of ether oxygens (including phenoxy) is 1. The van der Waals surface area contributed by atoms with E-state index in [4.69, 9.17) is 4.74 Å². The number of urea groups is 1. The Labute approximate surface area is 168 Å². The minimum absolute atomic E-state index is 0.255. The maximum Gasteiger partial charge on any atom is 0.323 e. The van der Waals surface area contributed by atoms with Crippen molar-refractivity contribution in [2.45, 2.75) is 13.3 Å². The molecule has 0 unspecified atom stereocenters. The molecular weight excluding hydrogens is 466 g/mol. The molecule has 0 radical (unpaired) electrons. The van der Waals surface area contributed by atoms with Gasteiger partial charge in [-0.2, -0.15) is 0 Å². The van der Waals surface area contributed by atoms with Crippen molar-refractivity contribution in [3.05, 3.63) is 50.9 Å². The minimum Gasteiger partial charge on any atom is -0.497 e. The van der Waals surface area contributed by atoms with Gasteiger partial charge in [-0.1, -0.05) is 38.8 Å². The molecule has 0 heterocycles. The lowest BCUT2D eigenvalue weighted by Gasteiger charge is -2.14. The zero-order valence-corrected chi connectivity index (χ0v) is 17.5. The summed E-state index contributed by atoms with van der Waals surface area (Å²) in [5.41, 5.74) is 1.33. The number of carbonyl (C=O) groups is 2. The lowest BCUT2D eigenvalue weighted by Crippen LogP contribution is -2.27. The predicted molar refractivity (Wildman–Crippen MR) is 110 cm³/mol. The number of carbonyl (C=O) groups excluding carboxylic acids is 2. The largest absolute Gasteiger partial charge is 0.497 e. The van der Waals surface area contributed by atoms with Crippen LogP contribution in [0.2, 0.25) is 0 Å². The zero-order valence-electron chi connectivity index (χ0n) is 14.4. The van der Waals surface area contributed by atoms with Crippen LogP contribution in [0.4, 0.5) is 16.2 Å². The Balaban J connectivity index is 2.20. The van der Waals surface area contributed by atoms with E-state index in [1.165, 1.54) is 7.11 Å². The van der Waals surface area contributed by atoms with Crippen molar-refractivity contribution >= 4 is 55.2 Å². The van der Waals surface area contributed by atoms with Crippen LogP contribution in [0, 0.1) is 0 Å². The molecule has 0 aliphatic heterocycles. The third-order valence-electron chi connectivity index (χ3n) is 3.38. The Bertz CT molecular complexity index is 792. The van der Waals surface area contributed by atoms with E-state index in [0.29, 0.717) is 29.2 Å². The fourth-order valence-corrected chi connectivity index (χ4v) is 3.49. The molecule has 3 amide bonds. The lowest BCUT2D eigenvalue weighted by atomic mass is 10.1. The molecule has 2 rings (SSSR count). The van der Waals surface area contributed by atoms with Gasteiger partial charge in [0, 0.05) is 27.2 Å². The van der Waals surface area contributed by atoms with Gasteiger partial charge in [0.05, 0.1) is 18.4 Å². The Kier molecular flexibility index (Phi) is 7.47. The van der Waals surface area contributed by atoms with E-state index in [2.05, 4.69) is 47.8 Å². The van der Waals surface area contributed by atoms with E-state index >= 15 is 0 Å². The molecule has 0 saturated carbocycles. The van der Waals surface area contributed by atoms with Gasteiger partial charge < -0.3 is 20.7 Å². The second-order valence-electron chi connectivity index (χ2n) is 5.40. The molecule has 0 aliphatic rings. The minimum atomic E-state index is -0.465. The first-order valence-electron chi connectivity index (χ1n) is 7.93. The van der Waals surface area contributed by atoms with Crippen molar-refractivity contribution in [2.24, 2.45) is 0 Å². The standard InChI is InChI=1S/C18H19Br2N3O3/c1-3-6-21-17(24)15-5-4-14(26-2)10-16(15)23-18(25)22-13-8-11(19)7-12(20)9-13/h4-5,7-10H,3,6H2,1-2H3,(H,21,24)(H2,22,23,25). The van der Waals surface area contributed by atoms with Crippen LogP contribution in [0.15, 0.2) is 45.3 Å². The monoisotopic (exact) mass is 483 g/mol. The van der Waals surface area contributed by atoms with Gasteiger partial charge in [0.25, 0.3) is 5.91 Å².